The Kier molecular flexibility index (Phi) is 9.33. The second kappa shape index (κ2) is 9.92. The first kappa shape index (κ1) is 16.9. The second-order valence-corrected chi connectivity index (χ2v) is 4.53. The van der Waals surface area contributed by atoms with E-state index < -0.39 is 17.9 Å². The van der Waals surface area contributed by atoms with Crippen molar-refractivity contribution in [3.63, 3.8) is 0 Å². The highest BCUT2D eigenvalue weighted by Gasteiger charge is 2.29. The van der Waals surface area contributed by atoms with Crippen molar-refractivity contribution >= 4 is 11.9 Å². The van der Waals surface area contributed by atoms with Gasteiger partial charge in [0, 0.05) is 0 Å². The van der Waals surface area contributed by atoms with Crippen LogP contribution < -0.4 is 0 Å². The van der Waals surface area contributed by atoms with Crippen molar-refractivity contribution in [2.75, 3.05) is 13.2 Å². The van der Waals surface area contributed by atoms with E-state index in [4.69, 9.17) is 9.47 Å². The molecule has 106 valence electrons. The summed E-state index contributed by atoms with van der Waals surface area (Å²) in [6.45, 7) is 8.32. The first-order valence-electron chi connectivity index (χ1n) is 6.89. The van der Waals surface area contributed by atoms with Gasteiger partial charge in [-0.1, -0.05) is 26.7 Å². The SMILES string of the molecule is CCCC(C)CCC(C(=O)OCC)C(=O)OCC. The lowest BCUT2D eigenvalue weighted by atomic mass is 9.94. The molecular formula is C14H26O4. The van der Waals surface area contributed by atoms with Crippen molar-refractivity contribution in [3.05, 3.63) is 0 Å². The average Bonchev–Trinajstić information content (AvgIpc) is 2.30. The minimum Gasteiger partial charge on any atom is -0.465 e. The molecule has 0 aliphatic rings. The first-order chi connectivity index (χ1) is 8.56. The summed E-state index contributed by atoms with van der Waals surface area (Å²) in [5.74, 6) is -1.16. The summed E-state index contributed by atoms with van der Waals surface area (Å²) < 4.78 is 9.85. The van der Waals surface area contributed by atoms with E-state index in [-0.39, 0.29) is 0 Å². The van der Waals surface area contributed by atoms with Crippen LogP contribution in [0.1, 0.15) is 53.4 Å². The van der Waals surface area contributed by atoms with Crippen LogP contribution in [-0.2, 0) is 19.1 Å². The van der Waals surface area contributed by atoms with Crippen molar-refractivity contribution in [1.29, 1.82) is 0 Å². The smallest absolute Gasteiger partial charge is 0.320 e. The summed E-state index contributed by atoms with van der Waals surface area (Å²) in [6, 6.07) is 0. The monoisotopic (exact) mass is 258 g/mol. The van der Waals surface area contributed by atoms with Gasteiger partial charge in [-0.05, 0) is 32.6 Å². The fourth-order valence-electron chi connectivity index (χ4n) is 1.91. The van der Waals surface area contributed by atoms with Gasteiger partial charge in [0.15, 0.2) is 5.92 Å². The number of esters is 2. The molecule has 0 radical (unpaired) electrons. The lowest BCUT2D eigenvalue weighted by molar-refractivity contribution is -0.162. The lowest BCUT2D eigenvalue weighted by Gasteiger charge is -2.16. The Bertz CT molecular complexity index is 232. The molecular weight excluding hydrogens is 232 g/mol. The average molecular weight is 258 g/mol. The standard InChI is InChI=1S/C14H26O4/c1-5-8-11(4)9-10-12(13(15)17-6-2)14(16)18-7-3/h11-12H,5-10H2,1-4H3. The predicted molar refractivity (Wildman–Crippen MR) is 70.1 cm³/mol. The summed E-state index contributed by atoms with van der Waals surface area (Å²) in [5.41, 5.74) is 0. The highest BCUT2D eigenvalue weighted by molar-refractivity contribution is 5.94. The zero-order valence-corrected chi connectivity index (χ0v) is 12.0. The predicted octanol–water partition coefficient (Wildman–Crippen LogP) is 2.95. The minimum atomic E-state index is -0.760. The van der Waals surface area contributed by atoms with Crippen LogP contribution in [0.2, 0.25) is 0 Å². The van der Waals surface area contributed by atoms with Gasteiger partial charge in [-0.15, -0.1) is 0 Å². The molecule has 0 amide bonds. The van der Waals surface area contributed by atoms with Gasteiger partial charge in [-0.25, -0.2) is 0 Å². The fraction of sp³-hybridized carbons (Fsp3) is 0.857. The van der Waals surface area contributed by atoms with Crippen LogP contribution in [-0.4, -0.2) is 25.2 Å². The number of hydrogen-bond donors (Lipinski definition) is 0. The molecule has 0 bridgehead atoms. The van der Waals surface area contributed by atoms with Gasteiger partial charge in [0.05, 0.1) is 13.2 Å². The van der Waals surface area contributed by atoms with Gasteiger partial charge in [0.1, 0.15) is 0 Å². The maximum absolute atomic E-state index is 11.7. The fourth-order valence-corrected chi connectivity index (χ4v) is 1.91. The quantitative estimate of drug-likeness (QED) is 0.471. The molecule has 0 aromatic rings. The van der Waals surface area contributed by atoms with E-state index in [0.717, 1.165) is 19.3 Å². The Morgan fingerprint density at radius 2 is 1.39 bits per heavy atom. The molecule has 1 unspecified atom stereocenters. The first-order valence-corrected chi connectivity index (χ1v) is 6.89. The second-order valence-electron chi connectivity index (χ2n) is 4.53. The van der Waals surface area contributed by atoms with E-state index in [2.05, 4.69) is 13.8 Å². The van der Waals surface area contributed by atoms with Crippen LogP contribution in [0.4, 0.5) is 0 Å². The zero-order valence-electron chi connectivity index (χ0n) is 12.0. The van der Waals surface area contributed by atoms with Crippen molar-refractivity contribution in [1.82, 2.24) is 0 Å². The molecule has 4 nitrogen and oxygen atoms in total. The van der Waals surface area contributed by atoms with Crippen LogP contribution in [0.15, 0.2) is 0 Å². The van der Waals surface area contributed by atoms with Gasteiger partial charge < -0.3 is 9.47 Å². The number of ether oxygens (including phenoxy) is 2. The summed E-state index contributed by atoms with van der Waals surface area (Å²) in [6.07, 6.45) is 3.58. The van der Waals surface area contributed by atoms with Crippen molar-refractivity contribution in [3.8, 4) is 0 Å². The van der Waals surface area contributed by atoms with Gasteiger partial charge >= 0.3 is 11.9 Å². The van der Waals surface area contributed by atoms with E-state index in [1.165, 1.54) is 0 Å². The molecule has 0 spiro atoms. The maximum atomic E-state index is 11.7. The van der Waals surface area contributed by atoms with Crippen molar-refractivity contribution < 1.29 is 19.1 Å². The van der Waals surface area contributed by atoms with Crippen molar-refractivity contribution in [2.45, 2.75) is 53.4 Å². The molecule has 4 heteroatoms. The van der Waals surface area contributed by atoms with Crippen LogP contribution in [0, 0.1) is 11.8 Å². The summed E-state index contributed by atoms with van der Waals surface area (Å²) >= 11 is 0. The highest BCUT2D eigenvalue weighted by Crippen LogP contribution is 2.19. The Labute approximate surface area is 110 Å². The number of carbonyl (C=O) groups excluding carboxylic acids is 2. The Morgan fingerprint density at radius 1 is 0.889 bits per heavy atom. The van der Waals surface area contributed by atoms with E-state index in [1.54, 1.807) is 13.8 Å². The van der Waals surface area contributed by atoms with Crippen LogP contribution in [0.3, 0.4) is 0 Å². The molecule has 1 atom stereocenters. The number of hydrogen-bond acceptors (Lipinski definition) is 4. The van der Waals surface area contributed by atoms with Crippen molar-refractivity contribution in [2.24, 2.45) is 11.8 Å². The largest absolute Gasteiger partial charge is 0.465 e. The molecule has 0 aromatic carbocycles. The molecule has 0 heterocycles. The number of carbonyl (C=O) groups is 2. The molecule has 0 rings (SSSR count). The van der Waals surface area contributed by atoms with Gasteiger partial charge in [-0.2, -0.15) is 0 Å². The van der Waals surface area contributed by atoms with E-state index >= 15 is 0 Å². The molecule has 0 aliphatic heterocycles. The zero-order chi connectivity index (χ0) is 14.0. The van der Waals surface area contributed by atoms with Crippen LogP contribution in [0.5, 0.6) is 0 Å². The molecule has 0 saturated heterocycles. The van der Waals surface area contributed by atoms with Gasteiger partial charge in [0.2, 0.25) is 0 Å². The summed E-state index contributed by atoms with van der Waals surface area (Å²) in [4.78, 5) is 23.4. The highest BCUT2D eigenvalue weighted by atomic mass is 16.6. The van der Waals surface area contributed by atoms with E-state index in [9.17, 15) is 9.59 Å². The lowest BCUT2D eigenvalue weighted by Crippen LogP contribution is -2.28. The molecule has 0 aliphatic carbocycles. The Hall–Kier alpha value is -1.06. The van der Waals surface area contributed by atoms with Crippen LogP contribution in [0.25, 0.3) is 0 Å². The third-order valence-electron chi connectivity index (χ3n) is 2.87. The summed E-state index contributed by atoms with van der Waals surface area (Å²) in [5, 5.41) is 0. The molecule has 18 heavy (non-hydrogen) atoms. The number of rotatable bonds is 9. The van der Waals surface area contributed by atoms with E-state index in [0.29, 0.717) is 25.6 Å². The third kappa shape index (κ3) is 6.62. The molecule has 0 fully saturated rings. The third-order valence-corrected chi connectivity index (χ3v) is 2.87. The summed E-state index contributed by atoms with van der Waals surface area (Å²) in [7, 11) is 0. The van der Waals surface area contributed by atoms with E-state index in [1.807, 2.05) is 0 Å². The molecule has 0 aromatic heterocycles. The molecule has 0 saturated carbocycles. The normalized spacial score (nSPS) is 12.3. The van der Waals surface area contributed by atoms with Gasteiger partial charge in [0.25, 0.3) is 0 Å². The Morgan fingerprint density at radius 3 is 1.78 bits per heavy atom. The minimum absolute atomic E-state index is 0.291. The van der Waals surface area contributed by atoms with Gasteiger partial charge in [-0.3, -0.25) is 9.59 Å². The molecule has 0 N–H and O–H groups in total. The Balaban J connectivity index is 4.37. The maximum Gasteiger partial charge on any atom is 0.320 e. The topological polar surface area (TPSA) is 52.6 Å². The van der Waals surface area contributed by atoms with Crippen LogP contribution >= 0.6 is 0 Å².